The van der Waals surface area contributed by atoms with E-state index in [2.05, 4.69) is 17.0 Å². The number of β-amino-alcohol motifs (C(OH)–C–C–N with tert-alkyl or cyclic N) is 1. The highest BCUT2D eigenvalue weighted by Gasteiger charge is 2.35. The van der Waals surface area contributed by atoms with Gasteiger partial charge in [-0.15, -0.1) is 0 Å². The van der Waals surface area contributed by atoms with Crippen LogP contribution >= 0.6 is 0 Å². The minimum Gasteiger partial charge on any atom is -0.496 e. The highest BCUT2D eigenvalue weighted by atomic mass is 32.2. The van der Waals surface area contributed by atoms with Crippen molar-refractivity contribution in [2.75, 3.05) is 40.0 Å². The Morgan fingerprint density at radius 1 is 1.19 bits per heavy atom. The van der Waals surface area contributed by atoms with Crippen LogP contribution in [0.4, 0.5) is 0 Å². The second-order valence-electron chi connectivity index (χ2n) is 7.05. The average Bonchev–Trinajstić information content (AvgIpc) is 2.93. The van der Waals surface area contributed by atoms with Gasteiger partial charge in [-0.1, -0.05) is 30.3 Å². The zero-order valence-electron chi connectivity index (χ0n) is 15.4. The molecule has 2 aromatic rings. The van der Waals surface area contributed by atoms with Crippen LogP contribution in [-0.2, 0) is 16.6 Å². The molecular formula is C19H26N2O4S. The SMILES string of the molecule is COc1ccc2ccccc2c1CN1C[C@@H](CS(=O)(=O)N(C)C)[C@H](O)C1. The first-order valence-electron chi connectivity index (χ1n) is 8.67. The van der Waals surface area contributed by atoms with Crippen molar-refractivity contribution in [2.45, 2.75) is 12.6 Å². The molecule has 0 unspecified atom stereocenters. The van der Waals surface area contributed by atoms with Crippen LogP contribution in [0, 0.1) is 5.92 Å². The zero-order chi connectivity index (χ0) is 18.9. The Hall–Kier alpha value is -1.67. The summed E-state index contributed by atoms with van der Waals surface area (Å²) in [6, 6.07) is 12.1. The molecule has 7 heteroatoms. The molecular weight excluding hydrogens is 352 g/mol. The number of sulfonamides is 1. The quantitative estimate of drug-likeness (QED) is 0.826. The molecule has 1 saturated heterocycles. The van der Waals surface area contributed by atoms with Crippen molar-refractivity contribution < 1.29 is 18.3 Å². The molecule has 2 atom stereocenters. The van der Waals surface area contributed by atoms with Gasteiger partial charge in [0.05, 0.1) is 19.0 Å². The molecule has 1 N–H and O–H groups in total. The molecule has 6 nitrogen and oxygen atoms in total. The summed E-state index contributed by atoms with van der Waals surface area (Å²) in [7, 11) is 1.36. The van der Waals surface area contributed by atoms with Gasteiger partial charge in [0.1, 0.15) is 5.75 Å². The van der Waals surface area contributed by atoms with Crippen LogP contribution in [0.25, 0.3) is 10.8 Å². The molecule has 0 radical (unpaired) electrons. The van der Waals surface area contributed by atoms with E-state index in [0.717, 1.165) is 22.1 Å². The number of rotatable bonds is 6. The van der Waals surface area contributed by atoms with Crippen molar-refractivity contribution in [3.63, 3.8) is 0 Å². The molecule has 0 amide bonds. The first-order valence-corrected chi connectivity index (χ1v) is 10.3. The minimum absolute atomic E-state index is 0.0374. The maximum atomic E-state index is 12.1. The van der Waals surface area contributed by atoms with Crippen LogP contribution in [0.2, 0.25) is 0 Å². The van der Waals surface area contributed by atoms with Crippen LogP contribution < -0.4 is 4.74 Å². The Kier molecular flexibility index (Phi) is 5.53. The van der Waals surface area contributed by atoms with E-state index in [1.54, 1.807) is 7.11 Å². The lowest BCUT2D eigenvalue weighted by molar-refractivity contribution is 0.148. The van der Waals surface area contributed by atoms with Gasteiger partial charge in [-0.05, 0) is 16.8 Å². The summed E-state index contributed by atoms with van der Waals surface area (Å²) in [4.78, 5) is 2.10. The standard InChI is InChI=1S/C19H26N2O4S/c1-20(2)26(23,24)13-15-10-21(12-18(15)22)11-17-16-7-5-4-6-14(16)8-9-19(17)25-3/h4-9,15,18,22H,10-13H2,1-3H3/t15-,18+/m0/s1. The molecule has 1 heterocycles. The summed E-state index contributed by atoms with van der Waals surface area (Å²) in [5.41, 5.74) is 1.06. The van der Waals surface area contributed by atoms with Gasteiger partial charge >= 0.3 is 0 Å². The number of aliphatic hydroxyl groups is 1. The Morgan fingerprint density at radius 2 is 1.92 bits per heavy atom. The number of nitrogens with zero attached hydrogens (tertiary/aromatic N) is 2. The van der Waals surface area contributed by atoms with Gasteiger partial charge in [-0.2, -0.15) is 0 Å². The van der Waals surface area contributed by atoms with E-state index in [9.17, 15) is 13.5 Å². The highest BCUT2D eigenvalue weighted by Crippen LogP contribution is 2.31. The maximum Gasteiger partial charge on any atom is 0.214 e. The minimum atomic E-state index is -3.34. The number of ether oxygens (including phenoxy) is 1. The third-order valence-corrected chi connectivity index (χ3v) is 7.02. The van der Waals surface area contributed by atoms with Crippen LogP contribution in [0.1, 0.15) is 5.56 Å². The fourth-order valence-electron chi connectivity index (χ4n) is 3.55. The number of hydrogen-bond donors (Lipinski definition) is 1. The van der Waals surface area contributed by atoms with Gasteiger partial charge in [0.25, 0.3) is 0 Å². The van der Waals surface area contributed by atoms with Crippen molar-refractivity contribution in [2.24, 2.45) is 5.92 Å². The Bertz CT molecular complexity index is 882. The summed E-state index contributed by atoms with van der Waals surface area (Å²) in [5.74, 6) is 0.482. The van der Waals surface area contributed by atoms with E-state index in [1.165, 1.54) is 18.4 Å². The Morgan fingerprint density at radius 3 is 2.62 bits per heavy atom. The lowest BCUT2D eigenvalue weighted by atomic mass is 10.0. The predicted molar refractivity (Wildman–Crippen MR) is 103 cm³/mol. The van der Waals surface area contributed by atoms with Crippen molar-refractivity contribution in [1.29, 1.82) is 0 Å². The van der Waals surface area contributed by atoms with Crippen LogP contribution in [0.3, 0.4) is 0 Å². The van der Waals surface area contributed by atoms with Gasteiger partial charge in [0, 0.05) is 45.2 Å². The van der Waals surface area contributed by atoms with E-state index in [-0.39, 0.29) is 11.7 Å². The van der Waals surface area contributed by atoms with Crippen molar-refractivity contribution in [3.8, 4) is 5.75 Å². The normalized spacial score (nSPS) is 21.6. The number of likely N-dealkylation sites (tertiary alicyclic amines) is 1. The van der Waals surface area contributed by atoms with Crippen molar-refractivity contribution in [1.82, 2.24) is 9.21 Å². The number of hydrogen-bond acceptors (Lipinski definition) is 5. The summed E-state index contributed by atoms with van der Waals surface area (Å²) in [5, 5.41) is 12.6. The first-order chi connectivity index (χ1) is 12.3. The third kappa shape index (κ3) is 3.86. The Balaban J connectivity index is 1.81. The fourth-order valence-corrected chi connectivity index (χ4v) is 4.71. The van der Waals surface area contributed by atoms with E-state index >= 15 is 0 Å². The highest BCUT2D eigenvalue weighted by molar-refractivity contribution is 7.89. The van der Waals surface area contributed by atoms with E-state index < -0.39 is 16.1 Å². The number of methoxy groups -OCH3 is 1. The first kappa shape index (κ1) is 19.1. The van der Waals surface area contributed by atoms with E-state index in [0.29, 0.717) is 19.6 Å². The molecule has 3 rings (SSSR count). The molecule has 142 valence electrons. The molecule has 1 aliphatic rings. The third-order valence-electron chi connectivity index (χ3n) is 5.06. The fraction of sp³-hybridized carbons (Fsp3) is 0.474. The molecule has 1 aliphatic heterocycles. The number of benzene rings is 2. The second-order valence-corrected chi connectivity index (χ2v) is 9.28. The molecule has 0 aromatic heterocycles. The smallest absolute Gasteiger partial charge is 0.214 e. The Labute approximate surface area is 155 Å². The van der Waals surface area contributed by atoms with Crippen molar-refractivity contribution in [3.05, 3.63) is 42.0 Å². The largest absolute Gasteiger partial charge is 0.496 e. The molecule has 0 spiro atoms. The molecule has 2 aromatic carbocycles. The molecule has 1 fully saturated rings. The summed E-state index contributed by atoms with van der Waals surface area (Å²) >= 11 is 0. The van der Waals surface area contributed by atoms with Gasteiger partial charge < -0.3 is 9.84 Å². The van der Waals surface area contributed by atoms with Gasteiger partial charge in [-0.3, -0.25) is 4.90 Å². The number of aliphatic hydroxyl groups excluding tert-OH is 1. The topological polar surface area (TPSA) is 70.1 Å². The van der Waals surface area contributed by atoms with Crippen molar-refractivity contribution >= 4 is 20.8 Å². The monoisotopic (exact) mass is 378 g/mol. The molecule has 0 saturated carbocycles. The maximum absolute atomic E-state index is 12.1. The lowest BCUT2D eigenvalue weighted by Gasteiger charge is -2.20. The van der Waals surface area contributed by atoms with Crippen LogP contribution in [0.5, 0.6) is 5.75 Å². The summed E-state index contributed by atoms with van der Waals surface area (Å²) in [6.45, 7) is 1.61. The average molecular weight is 378 g/mol. The second kappa shape index (κ2) is 7.52. The van der Waals surface area contributed by atoms with Crippen LogP contribution in [-0.4, -0.2) is 68.9 Å². The molecule has 0 bridgehead atoms. The van der Waals surface area contributed by atoms with Crippen LogP contribution in [0.15, 0.2) is 36.4 Å². The van der Waals surface area contributed by atoms with E-state index in [1.807, 2.05) is 24.3 Å². The predicted octanol–water partition coefficient (Wildman–Crippen LogP) is 1.53. The van der Waals surface area contributed by atoms with Gasteiger partial charge in [-0.25, -0.2) is 12.7 Å². The van der Waals surface area contributed by atoms with E-state index in [4.69, 9.17) is 4.74 Å². The number of fused-ring (bicyclic) bond motifs is 1. The molecule has 26 heavy (non-hydrogen) atoms. The van der Waals surface area contributed by atoms with Gasteiger partial charge in [0.15, 0.2) is 0 Å². The lowest BCUT2D eigenvalue weighted by Crippen LogP contribution is -2.33. The summed E-state index contributed by atoms with van der Waals surface area (Å²) in [6.07, 6.45) is -0.648. The zero-order valence-corrected chi connectivity index (χ0v) is 16.2. The molecule has 0 aliphatic carbocycles. The van der Waals surface area contributed by atoms with Gasteiger partial charge in [0.2, 0.25) is 10.0 Å². The summed E-state index contributed by atoms with van der Waals surface area (Å²) < 4.78 is 31.1.